The number of hydrogen-bond acceptors (Lipinski definition) is 8. The first-order chi connectivity index (χ1) is 19.5. The van der Waals surface area contributed by atoms with Crippen molar-refractivity contribution in [2.45, 2.75) is 25.8 Å². The Kier molecular flexibility index (Phi) is 10.8. The van der Waals surface area contributed by atoms with Gasteiger partial charge in [0.2, 0.25) is 5.91 Å². The van der Waals surface area contributed by atoms with Gasteiger partial charge >= 0.3 is 12.0 Å². The number of urea groups is 1. The lowest BCUT2D eigenvalue weighted by molar-refractivity contribution is -0.141. The Balaban J connectivity index is 1.62. The number of sulfone groups is 1. The number of nitrogens with one attached hydrogen (secondary N) is 4. The topological polar surface area (TPSA) is 152 Å². The molecular weight excluding hydrogens is 548 g/mol. The SMILES string of the molecule is COC(=O)C[C@@H](NCS(C)(=O)=O)c1ccc(NC(=O)Cc2ccc(NC(=O)Nc3ccccc3C)c(OC)c2)cc1. The molecule has 4 N–H and O–H groups in total. The van der Waals surface area contributed by atoms with Crippen LogP contribution in [-0.2, 0) is 30.6 Å². The van der Waals surface area contributed by atoms with Crippen LogP contribution in [0.3, 0.4) is 0 Å². The Hall–Kier alpha value is -4.42. The average Bonchev–Trinajstić information content (AvgIpc) is 2.93. The summed E-state index contributed by atoms with van der Waals surface area (Å²) < 4.78 is 33.3. The predicted molar refractivity (Wildman–Crippen MR) is 158 cm³/mol. The normalized spacial score (nSPS) is 11.7. The molecule has 218 valence electrons. The second kappa shape index (κ2) is 14.3. The summed E-state index contributed by atoms with van der Waals surface area (Å²) in [5, 5.41) is 11.2. The highest BCUT2D eigenvalue weighted by atomic mass is 32.2. The first-order valence-corrected chi connectivity index (χ1v) is 14.7. The minimum Gasteiger partial charge on any atom is -0.495 e. The second-order valence-corrected chi connectivity index (χ2v) is 11.5. The number of ether oxygens (including phenoxy) is 2. The van der Waals surface area contributed by atoms with Gasteiger partial charge in [0.05, 0.1) is 38.6 Å². The van der Waals surface area contributed by atoms with Crippen LogP contribution in [-0.4, -0.2) is 52.7 Å². The molecule has 0 saturated heterocycles. The van der Waals surface area contributed by atoms with Gasteiger partial charge in [-0.05, 0) is 53.9 Å². The van der Waals surface area contributed by atoms with Gasteiger partial charge in [-0.2, -0.15) is 0 Å². The zero-order chi connectivity index (χ0) is 30.0. The van der Waals surface area contributed by atoms with Crippen LogP contribution in [0.5, 0.6) is 5.75 Å². The lowest BCUT2D eigenvalue weighted by Crippen LogP contribution is -2.29. The average molecular weight is 583 g/mol. The summed E-state index contributed by atoms with van der Waals surface area (Å²) in [7, 11) is -0.568. The molecule has 3 rings (SSSR count). The fraction of sp³-hybridized carbons (Fsp3) is 0.276. The second-order valence-electron chi connectivity index (χ2n) is 9.38. The lowest BCUT2D eigenvalue weighted by Gasteiger charge is -2.18. The fourth-order valence-electron chi connectivity index (χ4n) is 3.94. The quantitative estimate of drug-likeness (QED) is 0.234. The Bertz CT molecular complexity index is 1490. The molecular formula is C29H34N4O7S. The number of aryl methyl sites for hydroxylation is 1. The largest absolute Gasteiger partial charge is 0.495 e. The number of esters is 1. The molecule has 0 aromatic heterocycles. The van der Waals surface area contributed by atoms with E-state index >= 15 is 0 Å². The van der Waals surface area contributed by atoms with Crippen LogP contribution in [0.25, 0.3) is 0 Å². The lowest BCUT2D eigenvalue weighted by atomic mass is 10.0. The predicted octanol–water partition coefficient (Wildman–Crippen LogP) is 4.02. The highest BCUT2D eigenvalue weighted by Crippen LogP contribution is 2.27. The molecule has 0 aliphatic rings. The molecule has 11 nitrogen and oxygen atoms in total. The Morgan fingerprint density at radius 3 is 2.20 bits per heavy atom. The van der Waals surface area contributed by atoms with Crippen molar-refractivity contribution in [3.8, 4) is 5.75 Å². The molecule has 41 heavy (non-hydrogen) atoms. The first-order valence-electron chi connectivity index (χ1n) is 12.7. The summed E-state index contributed by atoms with van der Waals surface area (Å²) in [6, 6.07) is 18.2. The van der Waals surface area contributed by atoms with Crippen molar-refractivity contribution in [3.05, 3.63) is 83.4 Å². The van der Waals surface area contributed by atoms with Gasteiger partial charge in [-0.15, -0.1) is 0 Å². The Labute approximate surface area is 239 Å². The van der Waals surface area contributed by atoms with E-state index < -0.39 is 27.9 Å². The summed E-state index contributed by atoms with van der Waals surface area (Å²) >= 11 is 0. The van der Waals surface area contributed by atoms with Crippen LogP contribution in [0.2, 0.25) is 0 Å². The Morgan fingerprint density at radius 1 is 0.878 bits per heavy atom. The van der Waals surface area contributed by atoms with Gasteiger partial charge in [0.25, 0.3) is 0 Å². The smallest absolute Gasteiger partial charge is 0.323 e. The number of amides is 3. The van der Waals surface area contributed by atoms with Gasteiger partial charge in [0, 0.05) is 23.7 Å². The summed E-state index contributed by atoms with van der Waals surface area (Å²) in [5.74, 6) is -0.670. The van der Waals surface area contributed by atoms with Gasteiger partial charge in [0.15, 0.2) is 9.84 Å². The molecule has 0 spiro atoms. The van der Waals surface area contributed by atoms with E-state index in [4.69, 9.17) is 9.47 Å². The van der Waals surface area contributed by atoms with Gasteiger partial charge in [-0.25, -0.2) is 13.2 Å². The minimum atomic E-state index is -3.31. The highest BCUT2D eigenvalue weighted by molar-refractivity contribution is 7.90. The number of benzene rings is 3. The molecule has 0 heterocycles. The number of anilines is 3. The van der Waals surface area contributed by atoms with Crippen molar-refractivity contribution in [1.82, 2.24) is 5.32 Å². The van der Waals surface area contributed by atoms with Crippen molar-refractivity contribution in [3.63, 3.8) is 0 Å². The molecule has 0 fully saturated rings. The minimum absolute atomic E-state index is 0.0503. The number of carbonyl (C=O) groups excluding carboxylic acids is 3. The molecule has 0 unspecified atom stereocenters. The van der Waals surface area contributed by atoms with E-state index in [1.54, 1.807) is 48.5 Å². The molecule has 0 aliphatic heterocycles. The zero-order valence-electron chi connectivity index (χ0n) is 23.3. The van der Waals surface area contributed by atoms with Gasteiger partial charge in [-0.3, -0.25) is 14.9 Å². The van der Waals surface area contributed by atoms with E-state index in [2.05, 4.69) is 21.3 Å². The maximum atomic E-state index is 12.7. The third-order valence-electron chi connectivity index (χ3n) is 6.06. The van der Waals surface area contributed by atoms with Crippen molar-refractivity contribution in [1.29, 1.82) is 0 Å². The van der Waals surface area contributed by atoms with Crippen LogP contribution < -0.4 is 26.0 Å². The van der Waals surface area contributed by atoms with Crippen LogP contribution in [0.4, 0.5) is 21.9 Å². The van der Waals surface area contributed by atoms with Crippen LogP contribution in [0.1, 0.15) is 29.2 Å². The summed E-state index contributed by atoms with van der Waals surface area (Å²) in [6.45, 7) is 1.89. The molecule has 1 atom stereocenters. The number of para-hydroxylation sites is 1. The monoisotopic (exact) mass is 582 g/mol. The summed E-state index contributed by atoms with van der Waals surface area (Å²) in [4.78, 5) is 37.0. The van der Waals surface area contributed by atoms with Crippen molar-refractivity contribution >= 4 is 44.8 Å². The molecule has 3 aromatic rings. The van der Waals surface area contributed by atoms with E-state index in [9.17, 15) is 22.8 Å². The highest BCUT2D eigenvalue weighted by Gasteiger charge is 2.18. The number of methoxy groups -OCH3 is 2. The maximum Gasteiger partial charge on any atom is 0.323 e. The summed E-state index contributed by atoms with van der Waals surface area (Å²) in [6.07, 6.45) is 1.09. The molecule has 3 aromatic carbocycles. The van der Waals surface area contributed by atoms with E-state index in [-0.39, 0.29) is 24.6 Å². The molecule has 0 radical (unpaired) electrons. The third kappa shape index (κ3) is 9.92. The van der Waals surface area contributed by atoms with E-state index in [1.807, 2.05) is 25.1 Å². The van der Waals surface area contributed by atoms with E-state index in [0.717, 1.165) is 11.8 Å². The van der Waals surface area contributed by atoms with Crippen molar-refractivity contribution in [2.24, 2.45) is 0 Å². The molecule has 0 bridgehead atoms. The molecule has 0 aliphatic carbocycles. The zero-order valence-corrected chi connectivity index (χ0v) is 24.1. The first kappa shape index (κ1) is 31.1. The van der Waals surface area contributed by atoms with Crippen LogP contribution >= 0.6 is 0 Å². The van der Waals surface area contributed by atoms with E-state index in [0.29, 0.717) is 33.9 Å². The van der Waals surface area contributed by atoms with Crippen LogP contribution in [0, 0.1) is 6.92 Å². The van der Waals surface area contributed by atoms with Crippen molar-refractivity contribution in [2.75, 3.05) is 42.3 Å². The molecule has 3 amide bonds. The molecule has 12 heteroatoms. The van der Waals surface area contributed by atoms with E-state index in [1.165, 1.54) is 14.2 Å². The van der Waals surface area contributed by atoms with Gasteiger partial charge < -0.3 is 25.4 Å². The number of hydrogen-bond donors (Lipinski definition) is 4. The van der Waals surface area contributed by atoms with Gasteiger partial charge in [0.1, 0.15) is 5.75 Å². The maximum absolute atomic E-state index is 12.7. The molecule has 0 saturated carbocycles. The Morgan fingerprint density at radius 2 is 1.56 bits per heavy atom. The number of carbonyl (C=O) groups is 3. The number of rotatable bonds is 12. The standard InChI is InChI=1S/C29H34N4O7S/c1-19-7-5-6-8-23(19)32-29(36)33-24-14-9-20(15-26(24)39-2)16-27(34)31-22-12-10-21(11-13-22)25(17-28(35)40-3)30-18-41(4,37)38/h5-15,25,30H,16-18H2,1-4H3,(H,31,34)(H2,32,33,36)/t25-/m1/s1. The summed E-state index contributed by atoms with van der Waals surface area (Å²) in [5.41, 5.74) is 3.92. The van der Waals surface area contributed by atoms with Crippen LogP contribution in [0.15, 0.2) is 66.7 Å². The van der Waals surface area contributed by atoms with Gasteiger partial charge in [-0.1, -0.05) is 36.4 Å². The third-order valence-corrected chi connectivity index (χ3v) is 6.75. The van der Waals surface area contributed by atoms with Crippen molar-refractivity contribution < 1.29 is 32.3 Å². The fourth-order valence-corrected chi connectivity index (χ4v) is 4.44.